The Morgan fingerprint density at radius 2 is 2.13 bits per heavy atom. The first-order valence-corrected chi connectivity index (χ1v) is 5.86. The zero-order valence-electron chi connectivity index (χ0n) is 9.42. The van der Waals surface area contributed by atoms with E-state index in [-0.39, 0.29) is 0 Å². The van der Waals surface area contributed by atoms with E-state index in [9.17, 15) is 0 Å². The van der Waals surface area contributed by atoms with E-state index in [1.807, 2.05) is 0 Å². The molecule has 1 heterocycles. The predicted octanol–water partition coefficient (Wildman–Crippen LogP) is 2.41. The monoisotopic (exact) mass is 204 g/mol. The highest BCUT2D eigenvalue weighted by atomic mass is 14.9. The van der Waals surface area contributed by atoms with Crippen LogP contribution in [0.4, 0.5) is 5.69 Å². The van der Waals surface area contributed by atoms with Crippen LogP contribution in [0.25, 0.3) is 0 Å². The van der Waals surface area contributed by atoms with E-state index in [0.29, 0.717) is 0 Å². The van der Waals surface area contributed by atoms with Gasteiger partial charge < -0.3 is 10.6 Å². The molecule has 0 radical (unpaired) electrons. The molecule has 0 aliphatic carbocycles. The Kier molecular flexibility index (Phi) is 3.62. The molecule has 2 rings (SSSR count). The number of benzene rings is 1. The van der Waals surface area contributed by atoms with Crippen molar-refractivity contribution in [2.75, 3.05) is 25.0 Å². The largest absolute Gasteiger partial charge is 0.385 e. The van der Waals surface area contributed by atoms with Crippen molar-refractivity contribution in [3.8, 4) is 0 Å². The minimum Gasteiger partial charge on any atom is -0.385 e. The highest BCUT2D eigenvalue weighted by Crippen LogP contribution is 2.13. The zero-order chi connectivity index (χ0) is 10.5. The van der Waals surface area contributed by atoms with Gasteiger partial charge in [-0.2, -0.15) is 0 Å². The minimum atomic E-state index is 0.792. The Morgan fingerprint density at radius 3 is 2.80 bits per heavy atom. The van der Waals surface area contributed by atoms with Crippen molar-refractivity contribution in [1.82, 2.24) is 5.32 Å². The van der Waals surface area contributed by atoms with Gasteiger partial charge >= 0.3 is 0 Å². The van der Waals surface area contributed by atoms with Gasteiger partial charge in [0.1, 0.15) is 0 Å². The van der Waals surface area contributed by atoms with Crippen molar-refractivity contribution < 1.29 is 0 Å². The summed E-state index contributed by atoms with van der Waals surface area (Å²) < 4.78 is 0. The van der Waals surface area contributed by atoms with Crippen molar-refractivity contribution in [3.63, 3.8) is 0 Å². The van der Waals surface area contributed by atoms with Crippen LogP contribution in [0.3, 0.4) is 0 Å². The second kappa shape index (κ2) is 5.17. The highest BCUT2D eigenvalue weighted by molar-refractivity contribution is 5.44. The Bertz CT molecular complexity index is 286. The van der Waals surface area contributed by atoms with E-state index in [4.69, 9.17) is 0 Å². The molecule has 15 heavy (non-hydrogen) atoms. The molecule has 0 saturated carbocycles. The molecule has 1 aromatic rings. The maximum absolute atomic E-state index is 3.50. The van der Waals surface area contributed by atoms with Crippen LogP contribution < -0.4 is 10.6 Å². The van der Waals surface area contributed by atoms with Crippen molar-refractivity contribution in [2.24, 2.45) is 5.92 Å². The molecule has 1 unspecified atom stereocenters. The molecule has 2 N–H and O–H groups in total. The molecular formula is C13H20N2. The van der Waals surface area contributed by atoms with Gasteiger partial charge in [-0.15, -0.1) is 0 Å². The van der Waals surface area contributed by atoms with Gasteiger partial charge in [0.25, 0.3) is 0 Å². The molecule has 1 saturated heterocycles. The summed E-state index contributed by atoms with van der Waals surface area (Å²) in [5, 5.41) is 6.94. The van der Waals surface area contributed by atoms with Gasteiger partial charge in [-0.25, -0.2) is 0 Å². The SMILES string of the molecule is Cc1ccc(NCC2CCCNC2)cc1. The topological polar surface area (TPSA) is 24.1 Å². The number of anilines is 1. The van der Waals surface area contributed by atoms with Gasteiger partial charge in [0.2, 0.25) is 0 Å². The summed E-state index contributed by atoms with van der Waals surface area (Å²) in [6.07, 6.45) is 2.67. The molecule has 1 aromatic carbocycles. The average molecular weight is 204 g/mol. The van der Waals surface area contributed by atoms with Crippen LogP contribution in [0.5, 0.6) is 0 Å². The summed E-state index contributed by atoms with van der Waals surface area (Å²) in [6.45, 7) is 5.57. The first-order valence-electron chi connectivity index (χ1n) is 5.86. The van der Waals surface area contributed by atoms with E-state index < -0.39 is 0 Å². The number of rotatable bonds is 3. The van der Waals surface area contributed by atoms with Crippen molar-refractivity contribution in [1.29, 1.82) is 0 Å². The fourth-order valence-corrected chi connectivity index (χ4v) is 2.03. The molecule has 0 aromatic heterocycles. The Labute approximate surface area is 92.1 Å². The third-order valence-electron chi connectivity index (χ3n) is 3.05. The lowest BCUT2D eigenvalue weighted by atomic mass is 10.00. The summed E-state index contributed by atoms with van der Waals surface area (Å²) in [7, 11) is 0. The van der Waals surface area contributed by atoms with Crippen LogP contribution in [0, 0.1) is 12.8 Å². The molecule has 2 heteroatoms. The average Bonchev–Trinajstić information content (AvgIpc) is 2.30. The Morgan fingerprint density at radius 1 is 1.33 bits per heavy atom. The highest BCUT2D eigenvalue weighted by Gasteiger charge is 2.11. The number of nitrogens with one attached hydrogen (secondary N) is 2. The molecule has 1 aliphatic heterocycles. The third-order valence-corrected chi connectivity index (χ3v) is 3.05. The fourth-order valence-electron chi connectivity index (χ4n) is 2.03. The molecule has 0 amide bonds. The van der Waals surface area contributed by atoms with Gasteiger partial charge in [-0.1, -0.05) is 17.7 Å². The maximum Gasteiger partial charge on any atom is 0.0340 e. The first-order chi connectivity index (χ1) is 7.34. The maximum atomic E-state index is 3.50. The predicted molar refractivity (Wildman–Crippen MR) is 65.3 cm³/mol. The number of piperidine rings is 1. The lowest BCUT2D eigenvalue weighted by molar-refractivity contribution is 0.393. The van der Waals surface area contributed by atoms with E-state index in [1.165, 1.54) is 37.2 Å². The molecule has 1 atom stereocenters. The number of aryl methyl sites for hydroxylation is 1. The summed E-state index contributed by atoms with van der Waals surface area (Å²) in [4.78, 5) is 0. The fraction of sp³-hybridized carbons (Fsp3) is 0.538. The molecule has 0 bridgehead atoms. The van der Waals surface area contributed by atoms with Crippen LogP contribution in [-0.4, -0.2) is 19.6 Å². The van der Waals surface area contributed by atoms with E-state index in [0.717, 1.165) is 12.5 Å². The number of hydrogen-bond acceptors (Lipinski definition) is 2. The van der Waals surface area contributed by atoms with Crippen molar-refractivity contribution in [3.05, 3.63) is 29.8 Å². The minimum absolute atomic E-state index is 0.792. The van der Waals surface area contributed by atoms with Gasteiger partial charge in [-0.3, -0.25) is 0 Å². The van der Waals surface area contributed by atoms with E-state index in [1.54, 1.807) is 0 Å². The summed E-state index contributed by atoms with van der Waals surface area (Å²) in [5.74, 6) is 0.792. The molecule has 2 nitrogen and oxygen atoms in total. The molecule has 1 aliphatic rings. The Hall–Kier alpha value is -1.02. The standard InChI is InChI=1S/C13H20N2/c1-11-4-6-13(7-5-11)15-10-12-3-2-8-14-9-12/h4-7,12,14-15H,2-3,8-10H2,1H3. The molecular weight excluding hydrogens is 184 g/mol. The summed E-state index contributed by atoms with van der Waals surface area (Å²) in [6, 6.07) is 8.63. The first kappa shape index (κ1) is 10.5. The van der Waals surface area contributed by atoms with E-state index >= 15 is 0 Å². The second-order valence-corrected chi connectivity index (χ2v) is 4.46. The van der Waals surface area contributed by atoms with Crippen LogP contribution in [-0.2, 0) is 0 Å². The summed E-state index contributed by atoms with van der Waals surface area (Å²) in [5.41, 5.74) is 2.56. The molecule has 82 valence electrons. The lowest BCUT2D eigenvalue weighted by Gasteiger charge is -2.23. The molecule has 1 fully saturated rings. The van der Waals surface area contributed by atoms with Crippen molar-refractivity contribution in [2.45, 2.75) is 19.8 Å². The quantitative estimate of drug-likeness (QED) is 0.790. The van der Waals surface area contributed by atoms with Crippen molar-refractivity contribution >= 4 is 5.69 Å². The normalized spacial score (nSPS) is 21.3. The number of hydrogen-bond donors (Lipinski definition) is 2. The van der Waals surface area contributed by atoms with E-state index in [2.05, 4.69) is 41.8 Å². The van der Waals surface area contributed by atoms with Crippen LogP contribution >= 0.6 is 0 Å². The lowest BCUT2D eigenvalue weighted by Crippen LogP contribution is -2.33. The van der Waals surface area contributed by atoms with Gasteiger partial charge in [-0.05, 0) is 50.9 Å². The van der Waals surface area contributed by atoms with Crippen LogP contribution in [0.2, 0.25) is 0 Å². The van der Waals surface area contributed by atoms with Crippen LogP contribution in [0.15, 0.2) is 24.3 Å². The zero-order valence-corrected chi connectivity index (χ0v) is 9.42. The smallest absolute Gasteiger partial charge is 0.0340 e. The van der Waals surface area contributed by atoms with Gasteiger partial charge in [0, 0.05) is 12.2 Å². The second-order valence-electron chi connectivity index (χ2n) is 4.46. The van der Waals surface area contributed by atoms with Gasteiger partial charge in [0.05, 0.1) is 0 Å². The van der Waals surface area contributed by atoms with Crippen LogP contribution in [0.1, 0.15) is 18.4 Å². The van der Waals surface area contributed by atoms with Gasteiger partial charge in [0.15, 0.2) is 0 Å². The molecule has 0 spiro atoms. The summed E-state index contributed by atoms with van der Waals surface area (Å²) >= 11 is 0. The third kappa shape index (κ3) is 3.24. The Balaban J connectivity index is 1.79.